The van der Waals surface area contributed by atoms with Crippen molar-refractivity contribution in [2.24, 2.45) is 0 Å². The molecular weight excluding hydrogens is 311 g/mol. The van der Waals surface area contributed by atoms with Crippen LogP contribution in [0.25, 0.3) is 0 Å². The van der Waals surface area contributed by atoms with E-state index in [1.165, 1.54) is 6.07 Å². The number of aliphatic carboxylic acids is 1. The van der Waals surface area contributed by atoms with Gasteiger partial charge in [0, 0.05) is 11.8 Å². The lowest BCUT2D eigenvalue weighted by molar-refractivity contribution is -0.142. The zero-order valence-electron chi connectivity index (χ0n) is 10.8. The second kappa shape index (κ2) is 6.01. The van der Waals surface area contributed by atoms with Gasteiger partial charge in [0.15, 0.2) is 11.6 Å². The minimum absolute atomic E-state index is 0.114. The van der Waals surface area contributed by atoms with E-state index in [2.05, 4.69) is 10.1 Å². The lowest BCUT2D eigenvalue weighted by Gasteiger charge is -2.27. The van der Waals surface area contributed by atoms with E-state index in [1.807, 2.05) is 0 Å². The number of benzene rings is 1. The third-order valence-corrected chi connectivity index (χ3v) is 3.74. The van der Waals surface area contributed by atoms with E-state index in [4.69, 9.17) is 11.6 Å². The van der Waals surface area contributed by atoms with E-state index >= 15 is 0 Å². The normalized spacial score (nSPS) is 17.0. The molecule has 1 saturated carbocycles. The van der Waals surface area contributed by atoms with Crippen molar-refractivity contribution in [3.05, 3.63) is 23.0 Å². The van der Waals surface area contributed by atoms with Gasteiger partial charge >= 0.3 is 12.6 Å². The summed E-state index contributed by atoms with van der Waals surface area (Å²) in [6.45, 7) is -3.20. The number of carbonyl (C=O) groups is 1. The standard InChI is InChI=1S/C13H13ClF3NO3/c14-8-5-7(6-9(15)10(8)21-12(16)17)18-13(11(19)20)3-1-2-4-13/h5-6,12,18H,1-4H2,(H,19,20). The minimum Gasteiger partial charge on any atom is -0.480 e. The number of hydrogen-bond acceptors (Lipinski definition) is 3. The van der Waals surface area contributed by atoms with E-state index < -0.39 is 29.7 Å². The lowest BCUT2D eigenvalue weighted by atomic mass is 9.97. The van der Waals surface area contributed by atoms with Gasteiger partial charge in [0.25, 0.3) is 0 Å². The van der Waals surface area contributed by atoms with Gasteiger partial charge in [-0.2, -0.15) is 8.78 Å². The maximum absolute atomic E-state index is 13.7. The maximum atomic E-state index is 13.7. The monoisotopic (exact) mass is 323 g/mol. The molecular formula is C13H13ClF3NO3. The molecule has 116 valence electrons. The van der Waals surface area contributed by atoms with Crippen molar-refractivity contribution in [3.8, 4) is 5.75 Å². The molecule has 0 atom stereocenters. The van der Waals surface area contributed by atoms with Crippen LogP contribution in [0.4, 0.5) is 18.9 Å². The Hall–Kier alpha value is -1.63. The molecule has 0 aliphatic heterocycles. The Bertz CT molecular complexity index is 524. The van der Waals surface area contributed by atoms with Crippen molar-refractivity contribution in [2.45, 2.75) is 37.8 Å². The summed E-state index contributed by atoms with van der Waals surface area (Å²) < 4.78 is 42.0. The van der Waals surface area contributed by atoms with E-state index in [0.717, 1.165) is 18.9 Å². The summed E-state index contributed by atoms with van der Waals surface area (Å²) in [6.07, 6.45) is 2.28. The topological polar surface area (TPSA) is 58.6 Å². The highest BCUT2D eigenvalue weighted by molar-refractivity contribution is 6.32. The third-order valence-electron chi connectivity index (χ3n) is 3.46. The van der Waals surface area contributed by atoms with Crippen molar-refractivity contribution in [3.63, 3.8) is 0 Å². The number of rotatable bonds is 5. The fourth-order valence-corrected chi connectivity index (χ4v) is 2.73. The quantitative estimate of drug-likeness (QED) is 0.863. The Morgan fingerprint density at radius 1 is 1.38 bits per heavy atom. The van der Waals surface area contributed by atoms with E-state index in [0.29, 0.717) is 12.8 Å². The molecule has 0 amide bonds. The van der Waals surface area contributed by atoms with Gasteiger partial charge in [-0.05, 0) is 18.9 Å². The predicted molar refractivity (Wildman–Crippen MR) is 70.5 cm³/mol. The average molecular weight is 324 g/mol. The molecule has 1 fully saturated rings. The molecule has 0 aromatic heterocycles. The second-order valence-electron chi connectivity index (χ2n) is 4.87. The first-order chi connectivity index (χ1) is 9.84. The first-order valence-corrected chi connectivity index (χ1v) is 6.67. The van der Waals surface area contributed by atoms with Crippen LogP contribution in [0.5, 0.6) is 5.75 Å². The van der Waals surface area contributed by atoms with E-state index in [9.17, 15) is 23.1 Å². The van der Waals surface area contributed by atoms with Crippen LogP contribution in [0.1, 0.15) is 25.7 Å². The SMILES string of the molecule is O=C(O)C1(Nc2cc(F)c(OC(F)F)c(Cl)c2)CCCC1. The number of carboxylic acid groups (broad SMARTS) is 1. The summed E-state index contributed by atoms with van der Waals surface area (Å²) >= 11 is 5.70. The van der Waals surface area contributed by atoms with E-state index in [-0.39, 0.29) is 10.7 Å². The molecule has 8 heteroatoms. The first kappa shape index (κ1) is 15.8. The number of ether oxygens (including phenoxy) is 1. The van der Waals surface area contributed by atoms with Gasteiger partial charge < -0.3 is 15.2 Å². The van der Waals surface area contributed by atoms with Gasteiger partial charge in [0.1, 0.15) is 5.54 Å². The first-order valence-electron chi connectivity index (χ1n) is 6.29. The maximum Gasteiger partial charge on any atom is 0.387 e. The highest BCUT2D eigenvalue weighted by Gasteiger charge is 2.41. The zero-order valence-corrected chi connectivity index (χ0v) is 11.6. The van der Waals surface area contributed by atoms with Crippen molar-refractivity contribution in [1.82, 2.24) is 0 Å². The average Bonchev–Trinajstić information content (AvgIpc) is 2.83. The van der Waals surface area contributed by atoms with Crippen LogP contribution in [0.3, 0.4) is 0 Å². The van der Waals surface area contributed by atoms with Crippen LogP contribution in [0.2, 0.25) is 5.02 Å². The molecule has 0 saturated heterocycles. The molecule has 0 radical (unpaired) electrons. The molecule has 1 aromatic carbocycles. The largest absolute Gasteiger partial charge is 0.480 e. The fourth-order valence-electron chi connectivity index (χ4n) is 2.48. The molecule has 0 bridgehead atoms. The van der Waals surface area contributed by atoms with Gasteiger partial charge in [0.2, 0.25) is 0 Å². The van der Waals surface area contributed by atoms with Crippen LogP contribution in [-0.2, 0) is 4.79 Å². The van der Waals surface area contributed by atoms with Crippen LogP contribution in [0, 0.1) is 5.82 Å². The molecule has 4 nitrogen and oxygen atoms in total. The smallest absolute Gasteiger partial charge is 0.387 e. The molecule has 0 spiro atoms. The lowest BCUT2D eigenvalue weighted by Crippen LogP contribution is -2.43. The second-order valence-corrected chi connectivity index (χ2v) is 5.27. The number of alkyl halides is 2. The van der Waals surface area contributed by atoms with Crippen molar-refractivity contribution in [2.75, 3.05) is 5.32 Å². The summed E-state index contributed by atoms with van der Waals surface area (Å²) in [5, 5.41) is 11.7. The highest BCUT2D eigenvalue weighted by Crippen LogP contribution is 2.37. The van der Waals surface area contributed by atoms with Gasteiger partial charge in [-0.15, -0.1) is 0 Å². The Balaban J connectivity index is 2.27. The molecule has 1 aliphatic carbocycles. The number of anilines is 1. The van der Waals surface area contributed by atoms with Crippen LogP contribution in [-0.4, -0.2) is 23.2 Å². The van der Waals surface area contributed by atoms with Gasteiger partial charge in [-0.25, -0.2) is 9.18 Å². The van der Waals surface area contributed by atoms with Crippen LogP contribution in [0.15, 0.2) is 12.1 Å². The number of hydrogen-bond donors (Lipinski definition) is 2. The van der Waals surface area contributed by atoms with Gasteiger partial charge in [-0.1, -0.05) is 24.4 Å². The van der Waals surface area contributed by atoms with E-state index in [1.54, 1.807) is 0 Å². The molecule has 2 rings (SSSR count). The third kappa shape index (κ3) is 3.34. The Kier molecular flexibility index (Phi) is 4.51. The zero-order chi connectivity index (χ0) is 15.6. The molecule has 1 aliphatic rings. The van der Waals surface area contributed by atoms with Crippen LogP contribution < -0.4 is 10.1 Å². The molecule has 1 aromatic rings. The molecule has 0 unspecified atom stereocenters. The van der Waals surface area contributed by atoms with Crippen molar-refractivity contribution in [1.29, 1.82) is 0 Å². The number of halogens is 4. The number of nitrogens with one attached hydrogen (secondary N) is 1. The van der Waals surface area contributed by atoms with Gasteiger partial charge in [-0.3, -0.25) is 0 Å². The summed E-state index contributed by atoms with van der Waals surface area (Å²) in [6, 6.07) is 2.07. The molecule has 0 heterocycles. The van der Waals surface area contributed by atoms with Gasteiger partial charge in [0.05, 0.1) is 5.02 Å². The Morgan fingerprint density at radius 2 is 2.00 bits per heavy atom. The predicted octanol–water partition coefficient (Wildman–Crippen LogP) is 3.89. The molecule has 21 heavy (non-hydrogen) atoms. The molecule has 2 N–H and O–H groups in total. The highest BCUT2D eigenvalue weighted by atomic mass is 35.5. The Morgan fingerprint density at radius 3 is 2.48 bits per heavy atom. The van der Waals surface area contributed by atoms with Crippen molar-refractivity contribution < 1.29 is 27.8 Å². The Labute approximate surface area is 123 Å². The van der Waals surface area contributed by atoms with Crippen LogP contribution >= 0.6 is 11.6 Å². The summed E-state index contributed by atoms with van der Waals surface area (Å²) in [4.78, 5) is 11.4. The van der Waals surface area contributed by atoms with Crippen molar-refractivity contribution >= 4 is 23.3 Å². The summed E-state index contributed by atoms with van der Waals surface area (Å²) in [7, 11) is 0. The number of carboxylic acids is 1. The summed E-state index contributed by atoms with van der Waals surface area (Å²) in [5.74, 6) is -2.87. The fraction of sp³-hybridized carbons (Fsp3) is 0.462. The summed E-state index contributed by atoms with van der Waals surface area (Å²) in [5.41, 5.74) is -1.07. The minimum atomic E-state index is -3.20.